The molecule has 0 spiro atoms. The fourth-order valence-electron chi connectivity index (χ4n) is 2.35. The Balaban J connectivity index is 2.12. The van der Waals surface area contributed by atoms with Gasteiger partial charge in [0.1, 0.15) is 11.6 Å². The van der Waals surface area contributed by atoms with E-state index >= 15 is 0 Å². The standard InChI is InChI=1S/C18H18F3NO2/c1-18(2,13-8-4-5-9-14(13)19)11-22-16(23)12-7-3-6-10-15(12)24-17(20)21/h3-10,17H,11H2,1-2H3,(H,22,23). The van der Waals surface area contributed by atoms with E-state index in [-0.39, 0.29) is 23.7 Å². The Morgan fingerprint density at radius 1 is 1.12 bits per heavy atom. The average molecular weight is 337 g/mol. The van der Waals surface area contributed by atoms with Gasteiger partial charge in [-0.05, 0) is 23.8 Å². The molecule has 1 N–H and O–H groups in total. The molecule has 0 saturated carbocycles. The summed E-state index contributed by atoms with van der Waals surface area (Å²) in [5, 5.41) is 2.65. The molecule has 0 aromatic heterocycles. The maximum Gasteiger partial charge on any atom is 0.387 e. The second-order valence-electron chi connectivity index (χ2n) is 5.92. The quantitative estimate of drug-likeness (QED) is 0.860. The Hall–Kier alpha value is -2.50. The van der Waals surface area contributed by atoms with Crippen LogP contribution in [-0.4, -0.2) is 19.1 Å². The zero-order valence-electron chi connectivity index (χ0n) is 13.4. The van der Waals surface area contributed by atoms with Gasteiger partial charge in [-0.15, -0.1) is 0 Å². The Morgan fingerprint density at radius 3 is 2.42 bits per heavy atom. The summed E-state index contributed by atoms with van der Waals surface area (Å²) >= 11 is 0. The van der Waals surface area contributed by atoms with Crippen molar-refractivity contribution in [2.24, 2.45) is 0 Å². The predicted molar refractivity (Wildman–Crippen MR) is 84.8 cm³/mol. The molecule has 0 saturated heterocycles. The summed E-state index contributed by atoms with van der Waals surface area (Å²) in [6.45, 7) is 0.685. The van der Waals surface area contributed by atoms with E-state index in [1.165, 1.54) is 24.3 Å². The van der Waals surface area contributed by atoms with Crippen LogP contribution >= 0.6 is 0 Å². The molecule has 0 aliphatic heterocycles. The predicted octanol–water partition coefficient (Wildman–Crippen LogP) is 4.13. The van der Waals surface area contributed by atoms with Gasteiger partial charge in [0.25, 0.3) is 5.91 Å². The van der Waals surface area contributed by atoms with Crippen LogP contribution in [-0.2, 0) is 5.41 Å². The van der Waals surface area contributed by atoms with Crippen LogP contribution in [0.3, 0.4) is 0 Å². The average Bonchev–Trinajstić information content (AvgIpc) is 2.53. The number of benzene rings is 2. The van der Waals surface area contributed by atoms with E-state index in [0.717, 1.165) is 0 Å². The lowest BCUT2D eigenvalue weighted by molar-refractivity contribution is -0.0501. The first-order chi connectivity index (χ1) is 11.3. The number of alkyl halides is 2. The van der Waals surface area contributed by atoms with Gasteiger partial charge in [0.05, 0.1) is 5.56 Å². The van der Waals surface area contributed by atoms with Crippen molar-refractivity contribution in [1.82, 2.24) is 5.32 Å². The third-order valence-corrected chi connectivity index (χ3v) is 3.64. The maximum absolute atomic E-state index is 13.9. The SMILES string of the molecule is CC(C)(CNC(=O)c1ccccc1OC(F)F)c1ccccc1F. The van der Waals surface area contributed by atoms with Gasteiger partial charge < -0.3 is 10.1 Å². The molecule has 24 heavy (non-hydrogen) atoms. The number of ether oxygens (including phenoxy) is 1. The summed E-state index contributed by atoms with van der Waals surface area (Å²) in [5.74, 6) is -1.12. The molecule has 128 valence electrons. The summed E-state index contributed by atoms with van der Waals surface area (Å²) < 4.78 is 43.1. The fraction of sp³-hybridized carbons (Fsp3) is 0.278. The molecule has 0 heterocycles. The van der Waals surface area contributed by atoms with Crippen LogP contribution in [0.25, 0.3) is 0 Å². The normalized spacial score (nSPS) is 11.4. The lowest BCUT2D eigenvalue weighted by Gasteiger charge is -2.26. The van der Waals surface area contributed by atoms with Crippen molar-refractivity contribution < 1.29 is 22.7 Å². The van der Waals surface area contributed by atoms with Gasteiger partial charge in [-0.1, -0.05) is 44.2 Å². The highest BCUT2D eigenvalue weighted by molar-refractivity contribution is 5.96. The number of carbonyl (C=O) groups is 1. The smallest absolute Gasteiger partial charge is 0.387 e. The minimum Gasteiger partial charge on any atom is -0.434 e. The number of rotatable bonds is 6. The first-order valence-corrected chi connectivity index (χ1v) is 7.38. The Morgan fingerprint density at radius 2 is 1.75 bits per heavy atom. The number of para-hydroxylation sites is 1. The zero-order valence-corrected chi connectivity index (χ0v) is 13.4. The minimum atomic E-state index is -3.02. The lowest BCUT2D eigenvalue weighted by atomic mass is 9.84. The van der Waals surface area contributed by atoms with Gasteiger partial charge in [0, 0.05) is 12.0 Å². The summed E-state index contributed by atoms with van der Waals surface area (Å²) in [6.07, 6.45) is 0. The van der Waals surface area contributed by atoms with Gasteiger partial charge in [-0.3, -0.25) is 4.79 Å². The van der Waals surface area contributed by atoms with E-state index in [1.807, 2.05) is 0 Å². The molecule has 1 amide bonds. The summed E-state index contributed by atoms with van der Waals surface area (Å²) in [7, 11) is 0. The van der Waals surface area contributed by atoms with E-state index in [1.54, 1.807) is 38.1 Å². The third-order valence-electron chi connectivity index (χ3n) is 3.64. The number of hydrogen-bond acceptors (Lipinski definition) is 2. The Bertz CT molecular complexity index is 717. The molecule has 0 bridgehead atoms. The molecule has 0 aliphatic rings. The molecular formula is C18H18F3NO2. The molecule has 3 nitrogen and oxygen atoms in total. The summed E-state index contributed by atoms with van der Waals surface area (Å²) in [5.41, 5.74) is -0.205. The number of halogens is 3. The summed E-state index contributed by atoms with van der Waals surface area (Å²) in [4.78, 5) is 12.3. The second-order valence-corrected chi connectivity index (χ2v) is 5.92. The molecule has 2 aromatic rings. The zero-order chi connectivity index (χ0) is 17.7. The first kappa shape index (κ1) is 17.8. The second kappa shape index (κ2) is 7.38. The largest absolute Gasteiger partial charge is 0.434 e. The van der Waals surface area contributed by atoms with Gasteiger partial charge in [-0.2, -0.15) is 8.78 Å². The third kappa shape index (κ3) is 4.28. The maximum atomic E-state index is 13.9. The molecular weight excluding hydrogens is 319 g/mol. The molecule has 0 aliphatic carbocycles. The van der Waals surface area contributed by atoms with Crippen LogP contribution in [0.2, 0.25) is 0 Å². The van der Waals surface area contributed by atoms with Crippen molar-refractivity contribution in [3.63, 3.8) is 0 Å². The van der Waals surface area contributed by atoms with Crippen molar-refractivity contribution in [2.75, 3.05) is 6.54 Å². The Labute approximate surface area is 138 Å². The molecule has 2 aromatic carbocycles. The van der Waals surface area contributed by atoms with Gasteiger partial charge in [0.2, 0.25) is 0 Å². The number of amides is 1. The number of hydrogen-bond donors (Lipinski definition) is 1. The van der Waals surface area contributed by atoms with Crippen molar-refractivity contribution in [1.29, 1.82) is 0 Å². The van der Waals surface area contributed by atoms with E-state index in [2.05, 4.69) is 10.1 Å². The Kier molecular flexibility index (Phi) is 5.49. The van der Waals surface area contributed by atoms with Crippen LogP contribution in [0, 0.1) is 5.82 Å². The highest BCUT2D eigenvalue weighted by atomic mass is 19.3. The summed E-state index contributed by atoms with van der Waals surface area (Å²) in [6, 6.07) is 12.0. The number of carbonyl (C=O) groups excluding carboxylic acids is 1. The lowest BCUT2D eigenvalue weighted by Crippen LogP contribution is -2.37. The van der Waals surface area contributed by atoms with Crippen molar-refractivity contribution >= 4 is 5.91 Å². The van der Waals surface area contributed by atoms with E-state index < -0.39 is 17.9 Å². The van der Waals surface area contributed by atoms with E-state index in [4.69, 9.17) is 0 Å². The fourth-order valence-corrected chi connectivity index (χ4v) is 2.35. The van der Waals surface area contributed by atoms with Gasteiger partial charge in [0.15, 0.2) is 0 Å². The minimum absolute atomic E-state index is 0.00198. The van der Waals surface area contributed by atoms with Crippen LogP contribution in [0.1, 0.15) is 29.8 Å². The topological polar surface area (TPSA) is 38.3 Å². The molecule has 0 radical (unpaired) electrons. The highest BCUT2D eigenvalue weighted by Gasteiger charge is 2.25. The molecule has 0 unspecified atom stereocenters. The first-order valence-electron chi connectivity index (χ1n) is 7.38. The molecule has 0 fully saturated rings. The van der Waals surface area contributed by atoms with Crippen LogP contribution < -0.4 is 10.1 Å². The van der Waals surface area contributed by atoms with Gasteiger partial charge >= 0.3 is 6.61 Å². The van der Waals surface area contributed by atoms with E-state index in [9.17, 15) is 18.0 Å². The van der Waals surface area contributed by atoms with Crippen molar-refractivity contribution in [3.05, 3.63) is 65.5 Å². The van der Waals surface area contributed by atoms with Crippen molar-refractivity contribution in [3.8, 4) is 5.75 Å². The van der Waals surface area contributed by atoms with Crippen LogP contribution in [0.15, 0.2) is 48.5 Å². The van der Waals surface area contributed by atoms with Gasteiger partial charge in [-0.25, -0.2) is 4.39 Å². The van der Waals surface area contributed by atoms with Crippen LogP contribution in [0.4, 0.5) is 13.2 Å². The molecule has 0 atom stereocenters. The highest BCUT2D eigenvalue weighted by Crippen LogP contribution is 2.25. The number of nitrogens with one attached hydrogen (secondary N) is 1. The monoisotopic (exact) mass is 337 g/mol. The van der Waals surface area contributed by atoms with Crippen molar-refractivity contribution in [2.45, 2.75) is 25.9 Å². The van der Waals surface area contributed by atoms with Crippen LogP contribution in [0.5, 0.6) is 5.75 Å². The molecule has 2 rings (SSSR count). The molecule has 6 heteroatoms. The van der Waals surface area contributed by atoms with E-state index in [0.29, 0.717) is 5.56 Å².